The largest absolute Gasteiger partial charge is 0.485 e. The van der Waals surface area contributed by atoms with E-state index in [9.17, 15) is 18.0 Å². The van der Waals surface area contributed by atoms with Gasteiger partial charge in [0.2, 0.25) is 0 Å². The first-order valence-corrected chi connectivity index (χ1v) is 12.5. The number of ketones is 1. The van der Waals surface area contributed by atoms with Gasteiger partial charge in [0.05, 0.1) is 18.7 Å². The molecular formula is C29H30F3N5O2. The van der Waals surface area contributed by atoms with Gasteiger partial charge < -0.3 is 10.1 Å². The summed E-state index contributed by atoms with van der Waals surface area (Å²) >= 11 is 0. The Balaban J connectivity index is 1.46. The van der Waals surface area contributed by atoms with E-state index in [0.29, 0.717) is 23.7 Å². The van der Waals surface area contributed by atoms with Gasteiger partial charge >= 0.3 is 6.18 Å². The summed E-state index contributed by atoms with van der Waals surface area (Å²) in [5.74, 6) is 1.23. The summed E-state index contributed by atoms with van der Waals surface area (Å²) in [6.07, 6.45) is -4.63. The van der Waals surface area contributed by atoms with Gasteiger partial charge in [-0.25, -0.2) is 0 Å². The fourth-order valence-electron chi connectivity index (χ4n) is 4.51. The van der Waals surface area contributed by atoms with Gasteiger partial charge in [0.15, 0.2) is 11.6 Å². The summed E-state index contributed by atoms with van der Waals surface area (Å²) < 4.78 is 45.3. The monoisotopic (exact) mass is 537 g/mol. The van der Waals surface area contributed by atoms with E-state index >= 15 is 0 Å². The summed E-state index contributed by atoms with van der Waals surface area (Å²) in [6.45, 7) is 8.43. The molecule has 0 spiro atoms. The molecule has 39 heavy (non-hydrogen) atoms. The predicted octanol–water partition coefficient (Wildman–Crippen LogP) is 6.25. The molecule has 1 heterocycles. The number of nitrogens with zero attached hydrogens (tertiary/aromatic N) is 3. The van der Waals surface area contributed by atoms with Crippen molar-refractivity contribution in [2.75, 3.05) is 6.54 Å². The molecule has 204 valence electrons. The van der Waals surface area contributed by atoms with Crippen LogP contribution in [-0.4, -0.2) is 33.0 Å². The van der Waals surface area contributed by atoms with Crippen LogP contribution in [0.4, 0.5) is 13.2 Å². The van der Waals surface area contributed by atoms with Crippen molar-refractivity contribution in [1.82, 2.24) is 25.9 Å². The Morgan fingerprint density at radius 1 is 1.00 bits per heavy atom. The van der Waals surface area contributed by atoms with Gasteiger partial charge in [0.1, 0.15) is 11.9 Å². The standard InChI is InChI=1S/C29H30F3N5O2/c1-17(2)28(22-7-5-20(6-8-22)25(38)15-33-16-26-34-36-37-35-26)39-24-13-18(3)27(19(4)14-24)21-9-11-23(12-10-21)29(30,31)32/h5-14,17,28,33H,15-16H2,1-4H3,(H,34,35,36,37). The Morgan fingerprint density at radius 3 is 2.18 bits per heavy atom. The van der Waals surface area contributed by atoms with Crippen LogP contribution in [-0.2, 0) is 12.7 Å². The van der Waals surface area contributed by atoms with Crippen LogP contribution in [0.5, 0.6) is 5.75 Å². The van der Waals surface area contributed by atoms with Crippen molar-refractivity contribution in [3.8, 4) is 16.9 Å². The predicted molar refractivity (Wildman–Crippen MR) is 141 cm³/mol. The zero-order valence-corrected chi connectivity index (χ0v) is 22.1. The third-order valence-electron chi connectivity index (χ3n) is 6.39. The average molecular weight is 538 g/mol. The van der Waals surface area contributed by atoms with Gasteiger partial charge in [-0.15, -0.1) is 10.2 Å². The number of aryl methyl sites for hydroxylation is 2. The van der Waals surface area contributed by atoms with Crippen LogP contribution >= 0.6 is 0 Å². The minimum absolute atomic E-state index is 0.0582. The van der Waals surface area contributed by atoms with Crippen LogP contribution in [0.15, 0.2) is 60.7 Å². The zero-order chi connectivity index (χ0) is 28.2. The van der Waals surface area contributed by atoms with E-state index < -0.39 is 11.7 Å². The number of halogens is 3. The number of carbonyl (C=O) groups is 1. The third kappa shape index (κ3) is 6.88. The zero-order valence-electron chi connectivity index (χ0n) is 22.1. The lowest BCUT2D eigenvalue weighted by Gasteiger charge is -2.24. The van der Waals surface area contributed by atoms with Crippen LogP contribution in [0.3, 0.4) is 0 Å². The fourth-order valence-corrected chi connectivity index (χ4v) is 4.51. The van der Waals surface area contributed by atoms with Crippen LogP contribution in [0, 0.1) is 19.8 Å². The van der Waals surface area contributed by atoms with Crippen LogP contribution < -0.4 is 10.1 Å². The molecule has 0 amide bonds. The molecule has 2 N–H and O–H groups in total. The Hall–Kier alpha value is -4.05. The van der Waals surface area contributed by atoms with Crippen LogP contribution in [0.1, 0.15) is 58.4 Å². The number of aromatic amines is 1. The second kappa shape index (κ2) is 11.8. The Bertz CT molecular complexity index is 1380. The first-order chi connectivity index (χ1) is 18.5. The lowest BCUT2D eigenvalue weighted by Crippen LogP contribution is -2.23. The Kier molecular flexibility index (Phi) is 8.44. The highest BCUT2D eigenvalue weighted by Crippen LogP contribution is 2.36. The Morgan fingerprint density at radius 2 is 1.64 bits per heavy atom. The summed E-state index contributed by atoms with van der Waals surface area (Å²) in [5.41, 5.74) is 4.25. The molecule has 0 saturated heterocycles. The van der Waals surface area contributed by atoms with Crippen molar-refractivity contribution in [3.63, 3.8) is 0 Å². The van der Waals surface area contributed by atoms with Crippen molar-refractivity contribution in [2.45, 2.75) is 46.5 Å². The third-order valence-corrected chi connectivity index (χ3v) is 6.39. The number of hydrogen-bond donors (Lipinski definition) is 2. The molecule has 1 unspecified atom stereocenters. The van der Waals surface area contributed by atoms with Crippen molar-refractivity contribution in [1.29, 1.82) is 0 Å². The second-order valence-electron chi connectivity index (χ2n) is 9.77. The molecule has 0 aliphatic heterocycles. The van der Waals surface area contributed by atoms with E-state index in [1.807, 2.05) is 38.1 Å². The summed E-state index contributed by atoms with van der Waals surface area (Å²) in [4.78, 5) is 12.6. The number of alkyl halides is 3. The summed E-state index contributed by atoms with van der Waals surface area (Å²) in [6, 6.07) is 16.4. The molecule has 1 aromatic heterocycles. The number of carbonyl (C=O) groups excluding carboxylic acids is 1. The second-order valence-corrected chi connectivity index (χ2v) is 9.77. The van der Waals surface area contributed by atoms with E-state index in [1.165, 1.54) is 12.1 Å². The van der Waals surface area contributed by atoms with E-state index in [4.69, 9.17) is 4.74 Å². The maximum atomic E-state index is 13.0. The van der Waals surface area contributed by atoms with E-state index in [-0.39, 0.29) is 24.3 Å². The first kappa shape index (κ1) is 28.0. The number of rotatable bonds is 10. The number of tetrazole rings is 1. The van der Waals surface area contributed by atoms with E-state index in [0.717, 1.165) is 39.9 Å². The van der Waals surface area contributed by atoms with Gasteiger partial charge in [0, 0.05) is 5.56 Å². The SMILES string of the molecule is Cc1cc(OC(c2ccc(C(=O)CNCc3nn[nH]n3)cc2)C(C)C)cc(C)c1-c1ccc(C(F)(F)F)cc1. The number of benzene rings is 3. The highest BCUT2D eigenvalue weighted by molar-refractivity contribution is 5.97. The highest BCUT2D eigenvalue weighted by atomic mass is 19.4. The number of Topliss-reactive ketones (excluding diaryl/α,β-unsaturated/α-hetero) is 1. The average Bonchev–Trinajstić information content (AvgIpc) is 3.40. The quantitative estimate of drug-likeness (QED) is 0.232. The summed E-state index contributed by atoms with van der Waals surface area (Å²) in [7, 11) is 0. The van der Waals surface area contributed by atoms with Crippen LogP contribution in [0.2, 0.25) is 0 Å². The maximum absolute atomic E-state index is 13.0. The molecule has 0 radical (unpaired) electrons. The Labute approximate surface area is 224 Å². The van der Waals surface area contributed by atoms with E-state index in [2.05, 4.69) is 39.8 Å². The number of nitrogens with one attached hydrogen (secondary N) is 2. The topological polar surface area (TPSA) is 92.8 Å². The van der Waals surface area contributed by atoms with Gasteiger partial charge in [-0.1, -0.05) is 55.5 Å². The van der Waals surface area contributed by atoms with Gasteiger partial charge in [-0.3, -0.25) is 4.79 Å². The molecule has 0 aliphatic carbocycles. The molecule has 0 bridgehead atoms. The molecule has 7 nitrogen and oxygen atoms in total. The molecule has 1 atom stereocenters. The maximum Gasteiger partial charge on any atom is 0.416 e. The number of H-pyrrole nitrogens is 1. The fraction of sp³-hybridized carbons (Fsp3) is 0.310. The number of aromatic nitrogens is 4. The minimum atomic E-state index is -4.37. The normalized spacial score (nSPS) is 12.5. The highest BCUT2D eigenvalue weighted by Gasteiger charge is 2.30. The number of ether oxygens (including phenoxy) is 1. The molecule has 3 aromatic carbocycles. The number of hydrogen-bond acceptors (Lipinski definition) is 6. The lowest BCUT2D eigenvalue weighted by molar-refractivity contribution is -0.137. The smallest absolute Gasteiger partial charge is 0.416 e. The van der Waals surface area contributed by atoms with Crippen molar-refractivity contribution >= 4 is 5.78 Å². The lowest BCUT2D eigenvalue weighted by atomic mass is 9.94. The van der Waals surface area contributed by atoms with Gasteiger partial charge in [0.25, 0.3) is 0 Å². The molecule has 0 fully saturated rings. The first-order valence-electron chi connectivity index (χ1n) is 12.5. The van der Waals surface area contributed by atoms with Gasteiger partial charge in [-0.2, -0.15) is 18.4 Å². The van der Waals surface area contributed by atoms with Crippen molar-refractivity contribution < 1.29 is 22.7 Å². The molecule has 0 aliphatic rings. The molecule has 10 heteroatoms. The molecule has 0 saturated carbocycles. The van der Waals surface area contributed by atoms with Crippen LogP contribution in [0.25, 0.3) is 11.1 Å². The van der Waals surface area contributed by atoms with Crippen molar-refractivity contribution in [2.24, 2.45) is 5.92 Å². The van der Waals surface area contributed by atoms with Gasteiger partial charge in [-0.05, 0) is 71.8 Å². The molecule has 4 rings (SSSR count). The summed E-state index contributed by atoms with van der Waals surface area (Å²) in [5, 5.41) is 16.5. The van der Waals surface area contributed by atoms with E-state index in [1.54, 1.807) is 12.1 Å². The van der Waals surface area contributed by atoms with Crippen molar-refractivity contribution in [3.05, 3.63) is 94.3 Å². The minimum Gasteiger partial charge on any atom is -0.485 e. The molecule has 4 aromatic rings. The molecular weight excluding hydrogens is 507 g/mol.